The summed E-state index contributed by atoms with van der Waals surface area (Å²) in [6.07, 6.45) is -3.04. The van der Waals surface area contributed by atoms with Gasteiger partial charge < -0.3 is 10.5 Å². The number of aliphatic imine (C=N–C) groups is 1. The van der Waals surface area contributed by atoms with Gasteiger partial charge in [-0.05, 0) is 17.7 Å². The molecule has 6 heteroatoms. The second kappa shape index (κ2) is 5.57. The van der Waals surface area contributed by atoms with E-state index in [1.54, 1.807) is 0 Å². The second-order valence-corrected chi connectivity index (χ2v) is 3.45. The van der Waals surface area contributed by atoms with Crippen LogP contribution in [0.5, 0.6) is 0 Å². The molecule has 18 heavy (non-hydrogen) atoms. The number of rotatable bonds is 3. The van der Waals surface area contributed by atoms with Crippen LogP contribution in [0.15, 0.2) is 35.1 Å². The third-order valence-electron chi connectivity index (χ3n) is 2.24. The summed E-state index contributed by atoms with van der Waals surface area (Å²) in [5, 5.41) is 0. The molecule has 0 aliphatic heterocycles. The van der Waals surface area contributed by atoms with Gasteiger partial charge in [-0.1, -0.05) is 12.1 Å². The summed E-state index contributed by atoms with van der Waals surface area (Å²) in [7, 11) is 2.84. The molecule has 0 fully saturated rings. The van der Waals surface area contributed by atoms with Gasteiger partial charge in [0.25, 0.3) is 0 Å². The monoisotopic (exact) mass is 258 g/mol. The molecule has 0 amide bonds. The van der Waals surface area contributed by atoms with Crippen LogP contribution in [0.25, 0.3) is 5.57 Å². The van der Waals surface area contributed by atoms with Crippen molar-refractivity contribution in [3.63, 3.8) is 0 Å². The number of nitrogens with two attached hydrogens (primary N) is 1. The summed E-state index contributed by atoms with van der Waals surface area (Å²) in [6.45, 7) is 0. The van der Waals surface area contributed by atoms with E-state index in [-0.39, 0.29) is 5.88 Å². The maximum absolute atomic E-state index is 12.6. The highest BCUT2D eigenvalue weighted by Crippen LogP contribution is 2.31. The van der Waals surface area contributed by atoms with E-state index in [0.29, 0.717) is 11.1 Å². The fourth-order valence-electron chi connectivity index (χ4n) is 1.38. The van der Waals surface area contributed by atoms with Crippen molar-refractivity contribution in [2.45, 2.75) is 6.18 Å². The van der Waals surface area contributed by atoms with Gasteiger partial charge in [0.2, 0.25) is 0 Å². The average Bonchev–Trinajstić information content (AvgIpc) is 2.34. The minimum atomic E-state index is -4.40. The van der Waals surface area contributed by atoms with E-state index in [1.165, 1.54) is 32.5 Å². The Morgan fingerprint density at radius 1 is 1.39 bits per heavy atom. The molecule has 0 radical (unpaired) electrons. The topological polar surface area (TPSA) is 47.6 Å². The molecule has 1 aromatic rings. The van der Waals surface area contributed by atoms with Crippen molar-refractivity contribution in [2.75, 3.05) is 14.2 Å². The number of ether oxygens (including phenoxy) is 1. The molecule has 0 bridgehead atoms. The number of benzene rings is 1. The molecule has 0 saturated carbocycles. The number of halogens is 3. The third kappa shape index (κ3) is 3.26. The first-order valence-electron chi connectivity index (χ1n) is 5.03. The van der Waals surface area contributed by atoms with Crippen LogP contribution in [-0.4, -0.2) is 20.4 Å². The van der Waals surface area contributed by atoms with Crippen molar-refractivity contribution in [3.05, 3.63) is 41.3 Å². The van der Waals surface area contributed by atoms with Crippen molar-refractivity contribution in [1.82, 2.24) is 0 Å². The SMILES string of the molecule is CN=C/C(=C(\N)OC)c1cccc(C(F)(F)F)c1. The molecule has 98 valence electrons. The number of methoxy groups -OCH3 is 1. The standard InChI is InChI=1S/C12H13F3N2O/c1-17-7-10(11(16)18-2)8-4-3-5-9(6-8)12(13,14)15/h3-7H,16H2,1-2H3/b11-10-,17-7?. The lowest BCUT2D eigenvalue weighted by Gasteiger charge is -2.10. The van der Waals surface area contributed by atoms with Gasteiger partial charge in [0, 0.05) is 13.3 Å². The van der Waals surface area contributed by atoms with Gasteiger partial charge >= 0.3 is 6.18 Å². The van der Waals surface area contributed by atoms with E-state index in [2.05, 4.69) is 4.99 Å². The minimum Gasteiger partial charge on any atom is -0.482 e. The van der Waals surface area contributed by atoms with Crippen LogP contribution in [0.3, 0.4) is 0 Å². The Labute approximate surface area is 103 Å². The first-order chi connectivity index (χ1) is 8.40. The molecule has 0 heterocycles. The lowest BCUT2D eigenvalue weighted by atomic mass is 10.0. The highest BCUT2D eigenvalue weighted by molar-refractivity contribution is 6.10. The summed E-state index contributed by atoms with van der Waals surface area (Å²) >= 11 is 0. The summed E-state index contributed by atoms with van der Waals surface area (Å²) in [6, 6.07) is 4.82. The van der Waals surface area contributed by atoms with Gasteiger partial charge in [-0.15, -0.1) is 0 Å². The van der Waals surface area contributed by atoms with Crippen molar-refractivity contribution >= 4 is 11.8 Å². The second-order valence-electron chi connectivity index (χ2n) is 3.45. The van der Waals surface area contributed by atoms with Crippen molar-refractivity contribution in [2.24, 2.45) is 10.7 Å². The molecule has 0 unspecified atom stereocenters. The quantitative estimate of drug-likeness (QED) is 0.669. The lowest BCUT2D eigenvalue weighted by Crippen LogP contribution is -2.08. The number of alkyl halides is 3. The Hall–Kier alpha value is -1.98. The van der Waals surface area contributed by atoms with Crippen LogP contribution in [0, 0.1) is 0 Å². The zero-order chi connectivity index (χ0) is 13.8. The number of hydrogen-bond acceptors (Lipinski definition) is 3. The highest BCUT2D eigenvalue weighted by atomic mass is 19.4. The normalized spacial score (nSPS) is 13.6. The van der Waals surface area contributed by atoms with Crippen LogP contribution in [-0.2, 0) is 10.9 Å². The predicted molar refractivity (Wildman–Crippen MR) is 64.0 cm³/mol. The van der Waals surface area contributed by atoms with E-state index in [0.717, 1.165) is 12.1 Å². The van der Waals surface area contributed by atoms with Gasteiger partial charge in [0.15, 0.2) is 5.88 Å². The molecular formula is C12H13F3N2O. The third-order valence-corrected chi connectivity index (χ3v) is 2.24. The highest BCUT2D eigenvalue weighted by Gasteiger charge is 2.30. The predicted octanol–water partition coefficient (Wildman–Crippen LogP) is 2.68. The fourth-order valence-corrected chi connectivity index (χ4v) is 1.38. The number of hydrogen-bond donors (Lipinski definition) is 1. The van der Waals surface area contributed by atoms with E-state index >= 15 is 0 Å². The summed E-state index contributed by atoms with van der Waals surface area (Å²) in [5.74, 6) is 0.0138. The van der Waals surface area contributed by atoms with Gasteiger partial charge in [0.1, 0.15) is 0 Å². The van der Waals surface area contributed by atoms with Crippen LogP contribution >= 0.6 is 0 Å². The van der Waals surface area contributed by atoms with Crippen LogP contribution < -0.4 is 5.73 Å². The molecule has 0 atom stereocenters. The molecule has 0 aromatic heterocycles. The van der Waals surface area contributed by atoms with Gasteiger partial charge in [-0.3, -0.25) is 4.99 Å². The van der Waals surface area contributed by atoms with Gasteiger partial charge in [-0.25, -0.2) is 0 Å². The van der Waals surface area contributed by atoms with Crippen molar-refractivity contribution < 1.29 is 17.9 Å². The first kappa shape index (κ1) is 14.1. The zero-order valence-corrected chi connectivity index (χ0v) is 9.95. The van der Waals surface area contributed by atoms with Gasteiger partial charge in [0.05, 0.1) is 18.2 Å². The van der Waals surface area contributed by atoms with Crippen LogP contribution in [0.2, 0.25) is 0 Å². The number of allylic oxidation sites excluding steroid dienone is 1. The Morgan fingerprint density at radius 2 is 2.06 bits per heavy atom. The number of nitrogens with zero attached hydrogens (tertiary/aromatic N) is 1. The van der Waals surface area contributed by atoms with E-state index < -0.39 is 11.7 Å². The Kier molecular flexibility index (Phi) is 4.36. The van der Waals surface area contributed by atoms with Crippen LogP contribution in [0.4, 0.5) is 13.2 Å². The maximum atomic E-state index is 12.6. The molecule has 3 nitrogen and oxygen atoms in total. The molecule has 0 saturated heterocycles. The Morgan fingerprint density at radius 3 is 2.56 bits per heavy atom. The van der Waals surface area contributed by atoms with E-state index in [4.69, 9.17) is 10.5 Å². The van der Waals surface area contributed by atoms with E-state index in [1.807, 2.05) is 0 Å². The maximum Gasteiger partial charge on any atom is 0.416 e. The summed E-state index contributed by atoms with van der Waals surface area (Å²) < 4.78 is 42.6. The van der Waals surface area contributed by atoms with Crippen molar-refractivity contribution in [3.8, 4) is 0 Å². The molecule has 0 aliphatic carbocycles. The lowest BCUT2D eigenvalue weighted by molar-refractivity contribution is -0.137. The molecular weight excluding hydrogens is 245 g/mol. The van der Waals surface area contributed by atoms with Crippen LogP contribution in [0.1, 0.15) is 11.1 Å². The smallest absolute Gasteiger partial charge is 0.416 e. The Bertz CT molecular complexity index is 478. The zero-order valence-electron chi connectivity index (χ0n) is 9.95. The largest absolute Gasteiger partial charge is 0.482 e. The average molecular weight is 258 g/mol. The van der Waals surface area contributed by atoms with Gasteiger partial charge in [-0.2, -0.15) is 13.2 Å². The summed E-state index contributed by atoms with van der Waals surface area (Å²) in [4.78, 5) is 3.75. The molecule has 2 N–H and O–H groups in total. The molecule has 1 aromatic carbocycles. The molecule has 1 rings (SSSR count). The minimum absolute atomic E-state index is 0.0138. The summed E-state index contributed by atoms with van der Waals surface area (Å²) in [5.41, 5.74) is 5.45. The molecule has 0 spiro atoms. The van der Waals surface area contributed by atoms with Crippen molar-refractivity contribution in [1.29, 1.82) is 0 Å². The fraction of sp³-hybridized carbons (Fsp3) is 0.250. The van der Waals surface area contributed by atoms with E-state index in [9.17, 15) is 13.2 Å². The Balaban J connectivity index is 3.32. The molecule has 0 aliphatic rings. The first-order valence-corrected chi connectivity index (χ1v) is 5.03.